The molecule has 6 heteroatoms. The number of nitrogens with zero attached hydrogens (tertiary/aromatic N) is 3. The highest BCUT2D eigenvalue weighted by Gasteiger charge is 2.31. The van der Waals surface area contributed by atoms with Crippen molar-refractivity contribution >= 4 is 11.7 Å². The van der Waals surface area contributed by atoms with Crippen LogP contribution in [0.5, 0.6) is 0 Å². The molecule has 116 valence electrons. The smallest absolute Gasteiger partial charge is 0.245 e. The number of nitriles is 1. The minimum Gasteiger partial charge on any atom is -0.358 e. The maximum Gasteiger partial charge on any atom is 0.245 e. The van der Waals surface area contributed by atoms with Gasteiger partial charge in [-0.2, -0.15) is 5.26 Å². The van der Waals surface area contributed by atoms with Gasteiger partial charge in [-0.05, 0) is 36.2 Å². The monoisotopic (exact) mass is 310 g/mol. The van der Waals surface area contributed by atoms with E-state index in [1.54, 1.807) is 29.2 Å². The van der Waals surface area contributed by atoms with Gasteiger partial charge in [-0.3, -0.25) is 4.79 Å². The van der Waals surface area contributed by atoms with Crippen molar-refractivity contribution in [2.75, 3.05) is 11.9 Å². The summed E-state index contributed by atoms with van der Waals surface area (Å²) in [6, 6.07) is 11.2. The first-order chi connectivity index (χ1) is 11.2. The van der Waals surface area contributed by atoms with Gasteiger partial charge in [0.15, 0.2) is 0 Å². The second kappa shape index (κ2) is 6.44. The molecule has 1 saturated heterocycles. The lowest BCUT2D eigenvalue weighted by atomic mass is 10.2. The zero-order valence-corrected chi connectivity index (χ0v) is 12.4. The number of rotatable bonds is 4. The Labute approximate surface area is 133 Å². The summed E-state index contributed by atoms with van der Waals surface area (Å²) in [5.41, 5.74) is 1.38. The van der Waals surface area contributed by atoms with Crippen LogP contribution >= 0.6 is 0 Å². The average molecular weight is 310 g/mol. The number of halogens is 1. The fourth-order valence-electron chi connectivity index (χ4n) is 2.56. The number of hydrogen-bond donors (Lipinski definition) is 1. The number of nitrogens with one attached hydrogen (secondary N) is 1. The molecule has 1 unspecified atom stereocenters. The lowest BCUT2D eigenvalue weighted by molar-refractivity contribution is -0.128. The molecule has 1 fully saturated rings. The molecule has 2 heterocycles. The van der Waals surface area contributed by atoms with Gasteiger partial charge in [-0.15, -0.1) is 0 Å². The predicted molar refractivity (Wildman–Crippen MR) is 82.8 cm³/mol. The zero-order chi connectivity index (χ0) is 16.2. The lowest BCUT2D eigenvalue weighted by Crippen LogP contribution is -2.33. The van der Waals surface area contributed by atoms with Gasteiger partial charge in [0.2, 0.25) is 5.91 Å². The van der Waals surface area contributed by atoms with Crippen molar-refractivity contribution in [2.24, 2.45) is 0 Å². The van der Waals surface area contributed by atoms with Crippen LogP contribution in [0.3, 0.4) is 0 Å². The van der Waals surface area contributed by atoms with E-state index in [2.05, 4.69) is 10.3 Å². The Morgan fingerprint density at radius 2 is 2.09 bits per heavy atom. The van der Waals surface area contributed by atoms with Crippen LogP contribution < -0.4 is 5.32 Å². The molecule has 1 aliphatic rings. The molecule has 0 radical (unpaired) electrons. The maximum absolute atomic E-state index is 12.9. The molecule has 2 aromatic rings. The van der Waals surface area contributed by atoms with Gasteiger partial charge < -0.3 is 10.2 Å². The van der Waals surface area contributed by atoms with Crippen molar-refractivity contribution in [3.8, 4) is 6.07 Å². The van der Waals surface area contributed by atoms with Crippen LogP contribution in [0.2, 0.25) is 0 Å². The summed E-state index contributed by atoms with van der Waals surface area (Å²) in [5, 5.41) is 11.8. The highest BCUT2D eigenvalue weighted by Crippen LogP contribution is 2.18. The minimum atomic E-state index is -0.323. The van der Waals surface area contributed by atoms with Gasteiger partial charge in [0, 0.05) is 19.3 Å². The highest BCUT2D eigenvalue weighted by atomic mass is 19.1. The van der Waals surface area contributed by atoms with Crippen LogP contribution in [0.25, 0.3) is 0 Å². The Balaban J connectivity index is 1.61. The Kier molecular flexibility index (Phi) is 4.20. The van der Waals surface area contributed by atoms with Crippen LogP contribution in [-0.4, -0.2) is 28.4 Å². The van der Waals surface area contributed by atoms with Crippen molar-refractivity contribution in [1.82, 2.24) is 9.88 Å². The molecule has 1 N–H and O–H groups in total. The van der Waals surface area contributed by atoms with Gasteiger partial charge in [0.1, 0.15) is 23.7 Å². The molecule has 3 rings (SSSR count). The fourth-order valence-corrected chi connectivity index (χ4v) is 2.56. The number of carbonyl (C=O) groups is 1. The summed E-state index contributed by atoms with van der Waals surface area (Å²) >= 11 is 0. The van der Waals surface area contributed by atoms with Crippen molar-refractivity contribution in [3.05, 3.63) is 59.5 Å². The molecular formula is C17H15FN4O. The van der Waals surface area contributed by atoms with Gasteiger partial charge in [0.25, 0.3) is 0 Å². The molecule has 0 saturated carbocycles. The predicted octanol–water partition coefficient (Wildman–Crippen LogP) is 2.31. The quantitative estimate of drug-likeness (QED) is 0.941. The van der Waals surface area contributed by atoms with E-state index in [0.717, 1.165) is 5.56 Å². The third-order valence-electron chi connectivity index (χ3n) is 3.80. The molecular weight excluding hydrogens is 295 g/mol. The number of pyridine rings is 1. The number of aromatic nitrogens is 1. The molecule has 1 aliphatic heterocycles. The summed E-state index contributed by atoms with van der Waals surface area (Å²) < 4.78 is 12.9. The van der Waals surface area contributed by atoms with Crippen molar-refractivity contribution < 1.29 is 9.18 Å². The SMILES string of the molecule is N#Cc1ccc(NC2CCN(Cc3ccc(F)cc3)C2=O)nc1. The van der Waals surface area contributed by atoms with Gasteiger partial charge in [-0.25, -0.2) is 9.37 Å². The third kappa shape index (κ3) is 3.46. The van der Waals surface area contributed by atoms with Crippen LogP contribution in [0.4, 0.5) is 10.2 Å². The van der Waals surface area contributed by atoms with E-state index in [0.29, 0.717) is 30.9 Å². The Morgan fingerprint density at radius 1 is 1.30 bits per heavy atom. The average Bonchev–Trinajstić information content (AvgIpc) is 2.91. The molecule has 5 nitrogen and oxygen atoms in total. The summed E-state index contributed by atoms with van der Waals surface area (Å²) in [5.74, 6) is 0.291. The van der Waals surface area contributed by atoms with Crippen molar-refractivity contribution in [3.63, 3.8) is 0 Å². The number of hydrogen-bond acceptors (Lipinski definition) is 4. The summed E-state index contributed by atoms with van der Waals surface area (Å²) in [4.78, 5) is 18.3. The largest absolute Gasteiger partial charge is 0.358 e. The van der Waals surface area contributed by atoms with E-state index in [-0.39, 0.29) is 17.8 Å². The molecule has 1 atom stereocenters. The first-order valence-electron chi connectivity index (χ1n) is 7.31. The molecule has 1 amide bonds. The number of likely N-dealkylation sites (tertiary alicyclic amines) is 1. The summed E-state index contributed by atoms with van der Waals surface area (Å²) in [6.45, 7) is 1.11. The second-order valence-corrected chi connectivity index (χ2v) is 5.42. The van der Waals surface area contributed by atoms with Crippen LogP contribution in [0.15, 0.2) is 42.6 Å². The maximum atomic E-state index is 12.9. The number of amides is 1. The fraction of sp³-hybridized carbons (Fsp3) is 0.235. The minimum absolute atomic E-state index is 0.000449. The topological polar surface area (TPSA) is 69.0 Å². The number of anilines is 1. The molecule has 1 aromatic heterocycles. The van der Waals surface area contributed by atoms with Gasteiger partial charge in [0.05, 0.1) is 5.56 Å². The molecule has 0 bridgehead atoms. The van der Waals surface area contributed by atoms with E-state index in [1.165, 1.54) is 18.3 Å². The van der Waals surface area contributed by atoms with E-state index < -0.39 is 0 Å². The highest BCUT2D eigenvalue weighted by molar-refractivity contribution is 5.86. The lowest BCUT2D eigenvalue weighted by Gasteiger charge is -2.17. The van der Waals surface area contributed by atoms with E-state index in [9.17, 15) is 9.18 Å². The standard InChI is InChI=1S/C17H15FN4O/c18-14-4-1-12(2-5-14)11-22-8-7-15(17(22)23)21-16-6-3-13(9-19)10-20-16/h1-6,10,15H,7-8,11H2,(H,20,21). The van der Waals surface area contributed by atoms with E-state index in [4.69, 9.17) is 5.26 Å². The van der Waals surface area contributed by atoms with Crippen LogP contribution in [0, 0.1) is 17.1 Å². The van der Waals surface area contributed by atoms with E-state index >= 15 is 0 Å². The number of carbonyl (C=O) groups excluding carboxylic acids is 1. The van der Waals surface area contributed by atoms with Gasteiger partial charge in [-0.1, -0.05) is 12.1 Å². The van der Waals surface area contributed by atoms with Gasteiger partial charge >= 0.3 is 0 Å². The van der Waals surface area contributed by atoms with Crippen molar-refractivity contribution in [2.45, 2.75) is 19.0 Å². The Hall–Kier alpha value is -2.94. The Morgan fingerprint density at radius 3 is 2.74 bits per heavy atom. The van der Waals surface area contributed by atoms with Crippen molar-refractivity contribution in [1.29, 1.82) is 5.26 Å². The molecule has 0 aliphatic carbocycles. The first kappa shape index (κ1) is 15.0. The second-order valence-electron chi connectivity index (χ2n) is 5.42. The Bertz CT molecular complexity index is 737. The molecule has 1 aromatic carbocycles. The normalized spacial score (nSPS) is 17.1. The van der Waals surface area contributed by atoms with E-state index in [1.807, 2.05) is 6.07 Å². The van der Waals surface area contributed by atoms with Crippen LogP contribution in [0.1, 0.15) is 17.5 Å². The first-order valence-corrected chi connectivity index (χ1v) is 7.31. The summed E-state index contributed by atoms with van der Waals surface area (Å²) in [6.07, 6.45) is 2.15. The molecule has 0 spiro atoms. The third-order valence-corrected chi connectivity index (χ3v) is 3.80. The number of benzene rings is 1. The zero-order valence-electron chi connectivity index (χ0n) is 12.4. The van der Waals surface area contributed by atoms with Crippen LogP contribution in [-0.2, 0) is 11.3 Å². The molecule has 23 heavy (non-hydrogen) atoms. The summed E-state index contributed by atoms with van der Waals surface area (Å²) in [7, 11) is 0.